The van der Waals surface area contributed by atoms with Crippen molar-refractivity contribution in [3.63, 3.8) is 0 Å². The first-order chi connectivity index (χ1) is 15.7. The van der Waals surface area contributed by atoms with Crippen molar-refractivity contribution in [1.29, 1.82) is 0 Å². The summed E-state index contributed by atoms with van der Waals surface area (Å²) in [6.45, 7) is 2.77. The molecular weight excluding hydrogens is 485 g/mol. The van der Waals surface area contributed by atoms with Gasteiger partial charge in [-0.05, 0) is 48.6 Å². The summed E-state index contributed by atoms with van der Waals surface area (Å²) in [5, 5.41) is 6.51. The van der Waals surface area contributed by atoms with Crippen LogP contribution in [0.2, 0.25) is 0 Å². The van der Waals surface area contributed by atoms with Gasteiger partial charge in [-0.25, -0.2) is 4.98 Å². The highest BCUT2D eigenvalue weighted by Gasteiger charge is 2.25. The van der Waals surface area contributed by atoms with Crippen LogP contribution >= 0.6 is 29.2 Å². The zero-order chi connectivity index (χ0) is 24.5. The SMILES string of the molecule is CCCC(=O)CC(CCP(=O)(O)O)C(=O)NCCCCC(=O)NCCSSc1ccccn1. The number of Topliss-reactive ketones (excluding diaryl/α,β-unsaturated/α-hetero) is 1. The molecule has 0 aromatic carbocycles. The third-order valence-corrected chi connectivity index (χ3v) is 7.67. The second-order valence-corrected chi connectivity index (χ2v) is 11.8. The average Bonchev–Trinajstić information content (AvgIpc) is 2.76. The second kappa shape index (κ2) is 17.1. The molecule has 186 valence electrons. The van der Waals surface area contributed by atoms with Gasteiger partial charge in [-0.3, -0.25) is 18.9 Å². The van der Waals surface area contributed by atoms with E-state index in [9.17, 15) is 18.9 Å². The maximum Gasteiger partial charge on any atom is 0.325 e. The van der Waals surface area contributed by atoms with Crippen LogP contribution in [0.25, 0.3) is 0 Å². The predicted molar refractivity (Wildman–Crippen MR) is 132 cm³/mol. The molecule has 0 spiro atoms. The summed E-state index contributed by atoms with van der Waals surface area (Å²) >= 11 is 0. The molecule has 1 rings (SSSR count). The Morgan fingerprint density at radius 2 is 1.91 bits per heavy atom. The van der Waals surface area contributed by atoms with Crippen molar-refractivity contribution in [2.45, 2.75) is 56.9 Å². The Balaban J connectivity index is 2.19. The molecule has 33 heavy (non-hydrogen) atoms. The summed E-state index contributed by atoms with van der Waals surface area (Å²) in [4.78, 5) is 58.6. The van der Waals surface area contributed by atoms with Crippen LogP contribution in [-0.2, 0) is 18.9 Å². The molecule has 4 N–H and O–H groups in total. The molecule has 0 bridgehead atoms. The molecule has 0 saturated carbocycles. The smallest absolute Gasteiger partial charge is 0.325 e. The molecule has 1 unspecified atom stereocenters. The fourth-order valence-corrected chi connectivity index (χ4v) is 5.32. The van der Waals surface area contributed by atoms with Crippen LogP contribution in [0.4, 0.5) is 0 Å². The lowest BCUT2D eigenvalue weighted by molar-refractivity contribution is -0.129. The van der Waals surface area contributed by atoms with E-state index in [4.69, 9.17) is 9.79 Å². The lowest BCUT2D eigenvalue weighted by Gasteiger charge is -2.16. The average molecular weight is 520 g/mol. The Hall–Kier alpha value is -1.39. The van der Waals surface area contributed by atoms with Crippen LogP contribution in [0.3, 0.4) is 0 Å². The number of ketones is 1. The largest absolute Gasteiger partial charge is 0.356 e. The van der Waals surface area contributed by atoms with Gasteiger partial charge in [-0.1, -0.05) is 23.8 Å². The number of rotatable bonds is 18. The third kappa shape index (κ3) is 16.0. The monoisotopic (exact) mass is 519 g/mol. The van der Waals surface area contributed by atoms with Crippen molar-refractivity contribution in [2.24, 2.45) is 5.92 Å². The Morgan fingerprint density at radius 1 is 1.12 bits per heavy atom. The molecule has 0 fully saturated rings. The van der Waals surface area contributed by atoms with Gasteiger partial charge >= 0.3 is 7.60 Å². The number of hydrogen-bond acceptors (Lipinski definition) is 7. The van der Waals surface area contributed by atoms with Gasteiger partial charge in [0.15, 0.2) is 0 Å². The van der Waals surface area contributed by atoms with Crippen molar-refractivity contribution < 1.29 is 28.7 Å². The molecule has 1 aromatic heterocycles. The topological polar surface area (TPSA) is 146 Å². The van der Waals surface area contributed by atoms with Crippen LogP contribution in [0.5, 0.6) is 0 Å². The molecular formula is C21H34N3O6PS2. The highest BCUT2D eigenvalue weighted by Crippen LogP contribution is 2.36. The Morgan fingerprint density at radius 3 is 2.58 bits per heavy atom. The molecule has 0 radical (unpaired) electrons. The van der Waals surface area contributed by atoms with Crippen molar-refractivity contribution in [3.8, 4) is 0 Å². The summed E-state index contributed by atoms with van der Waals surface area (Å²) < 4.78 is 11.1. The van der Waals surface area contributed by atoms with Crippen LogP contribution in [0.1, 0.15) is 51.9 Å². The first-order valence-corrected chi connectivity index (χ1v) is 15.1. The molecule has 1 aromatic rings. The van der Waals surface area contributed by atoms with E-state index in [0.717, 1.165) is 10.8 Å². The van der Waals surface area contributed by atoms with E-state index in [1.807, 2.05) is 25.1 Å². The number of aromatic nitrogens is 1. The maximum atomic E-state index is 12.4. The van der Waals surface area contributed by atoms with E-state index in [-0.39, 0.29) is 30.4 Å². The fourth-order valence-electron chi connectivity index (χ4n) is 2.89. The molecule has 0 aliphatic heterocycles. The van der Waals surface area contributed by atoms with E-state index in [0.29, 0.717) is 45.2 Å². The molecule has 0 aliphatic carbocycles. The van der Waals surface area contributed by atoms with Gasteiger partial charge < -0.3 is 20.4 Å². The van der Waals surface area contributed by atoms with Gasteiger partial charge in [0.25, 0.3) is 0 Å². The second-order valence-electron chi connectivity index (χ2n) is 7.54. The Labute approximate surface area is 203 Å². The lowest BCUT2D eigenvalue weighted by atomic mass is 9.96. The fraction of sp³-hybridized carbons (Fsp3) is 0.619. The molecule has 1 heterocycles. The summed E-state index contributed by atoms with van der Waals surface area (Å²) in [5.41, 5.74) is 0. The minimum absolute atomic E-state index is 0.0152. The number of nitrogens with zero attached hydrogens (tertiary/aromatic N) is 1. The minimum Gasteiger partial charge on any atom is -0.356 e. The quantitative estimate of drug-likeness (QED) is 0.130. The number of carbonyl (C=O) groups excluding carboxylic acids is 3. The molecule has 12 heteroatoms. The van der Waals surface area contributed by atoms with Gasteiger partial charge in [0.2, 0.25) is 11.8 Å². The highest BCUT2D eigenvalue weighted by molar-refractivity contribution is 8.76. The lowest BCUT2D eigenvalue weighted by Crippen LogP contribution is -2.33. The van der Waals surface area contributed by atoms with Gasteiger partial charge in [0.1, 0.15) is 10.8 Å². The molecule has 2 amide bonds. The molecule has 9 nitrogen and oxygen atoms in total. The number of amides is 2. The van der Waals surface area contributed by atoms with Gasteiger partial charge in [-0.15, -0.1) is 0 Å². The first kappa shape index (κ1) is 29.6. The van der Waals surface area contributed by atoms with Gasteiger partial charge in [-0.2, -0.15) is 0 Å². The van der Waals surface area contributed by atoms with Gasteiger partial charge in [0, 0.05) is 50.2 Å². The van der Waals surface area contributed by atoms with Crippen molar-refractivity contribution in [1.82, 2.24) is 15.6 Å². The zero-order valence-electron chi connectivity index (χ0n) is 18.9. The predicted octanol–water partition coefficient (Wildman–Crippen LogP) is 3.17. The summed E-state index contributed by atoms with van der Waals surface area (Å²) in [7, 11) is -1.06. The molecule has 0 saturated heterocycles. The number of unbranched alkanes of at least 4 members (excludes halogenated alkanes) is 1. The van der Waals surface area contributed by atoms with E-state index in [1.54, 1.807) is 27.8 Å². The third-order valence-electron chi connectivity index (χ3n) is 4.56. The first-order valence-electron chi connectivity index (χ1n) is 11.0. The summed E-state index contributed by atoms with van der Waals surface area (Å²) in [5.74, 6) is -0.497. The van der Waals surface area contributed by atoms with E-state index in [1.165, 1.54) is 0 Å². The standard InChI is InChI=1S/C21H34N3O6PS2/c1-2-7-18(25)16-17(10-14-31(28,29)30)21(27)24-12-5-3-8-19(26)22-13-15-32-33-20-9-4-6-11-23-20/h4,6,9,11,17H,2-3,5,7-8,10,12-16H2,1H3,(H,22,26)(H,24,27)(H2,28,29,30). The number of hydrogen-bond donors (Lipinski definition) is 4. The van der Waals surface area contributed by atoms with Crippen molar-refractivity contribution in [2.75, 3.05) is 25.0 Å². The van der Waals surface area contributed by atoms with Crippen LogP contribution in [0, 0.1) is 5.92 Å². The highest BCUT2D eigenvalue weighted by atomic mass is 33.1. The van der Waals surface area contributed by atoms with Crippen LogP contribution in [0.15, 0.2) is 29.4 Å². The number of pyridine rings is 1. The van der Waals surface area contributed by atoms with E-state index >= 15 is 0 Å². The van der Waals surface area contributed by atoms with Crippen LogP contribution < -0.4 is 10.6 Å². The summed E-state index contributed by atoms with van der Waals surface area (Å²) in [6.07, 6.45) is 3.81. The van der Waals surface area contributed by atoms with E-state index in [2.05, 4.69) is 15.6 Å². The normalized spacial score (nSPS) is 12.2. The minimum atomic E-state index is -4.24. The maximum absolute atomic E-state index is 12.4. The molecule has 1 atom stereocenters. The number of nitrogens with one attached hydrogen (secondary N) is 2. The van der Waals surface area contributed by atoms with E-state index < -0.39 is 19.7 Å². The van der Waals surface area contributed by atoms with Gasteiger partial charge in [0.05, 0.1) is 6.16 Å². The molecule has 0 aliphatic rings. The van der Waals surface area contributed by atoms with Crippen molar-refractivity contribution >= 4 is 46.8 Å². The Bertz CT molecular complexity index is 779. The van der Waals surface area contributed by atoms with Crippen LogP contribution in [-0.4, -0.2) is 57.4 Å². The Kier molecular flexibility index (Phi) is 15.4. The summed E-state index contributed by atoms with van der Waals surface area (Å²) in [6, 6.07) is 5.71. The van der Waals surface area contributed by atoms with Crippen molar-refractivity contribution in [3.05, 3.63) is 24.4 Å². The zero-order valence-corrected chi connectivity index (χ0v) is 21.4. The number of carbonyl (C=O) groups is 3.